The fourth-order valence-electron chi connectivity index (χ4n) is 1.23. The third-order valence-electron chi connectivity index (χ3n) is 2.07. The first-order chi connectivity index (χ1) is 7.49. The van der Waals surface area contributed by atoms with Gasteiger partial charge in [0.15, 0.2) is 0 Å². The fourth-order valence-corrected chi connectivity index (χ4v) is 1.83. The van der Waals surface area contributed by atoms with Crippen LogP contribution in [0.2, 0.25) is 5.02 Å². The summed E-state index contributed by atoms with van der Waals surface area (Å²) in [5, 5.41) is 3.49. The van der Waals surface area contributed by atoms with Crippen LogP contribution in [-0.4, -0.2) is 12.5 Å². The van der Waals surface area contributed by atoms with Crippen LogP contribution in [0.1, 0.15) is 19.4 Å². The molecule has 0 saturated carbocycles. The molecule has 4 heteroatoms. The minimum absolute atomic E-state index is 0.00806. The monoisotopic (exact) mass is 303 g/mol. The molecule has 0 aliphatic carbocycles. The minimum atomic E-state index is 0.00806. The van der Waals surface area contributed by atoms with Crippen molar-refractivity contribution in [3.05, 3.63) is 33.3 Å². The van der Waals surface area contributed by atoms with E-state index in [0.29, 0.717) is 23.9 Å². The van der Waals surface area contributed by atoms with E-state index in [0.717, 1.165) is 10.0 Å². The first-order valence-corrected chi connectivity index (χ1v) is 6.36. The van der Waals surface area contributed by atoms with E-state index in [1.54, 1.807) is 6.07 Å². The maximum Gasteiger partial charge on any atom is 0.224 e. The first kappa shape index (κ1) is 13.5. The third-order valence-corrected chi connectivity index (χ3v) is 2.93. The van der Waals surface area contributed by atoms with Gasteiger partial charge in [-0.15, -0.1) is 0 Å². The van der Waals surface area contributed by atoms with Crippen molar-refractivity contribution in [2.24, 2.45) is 5.92 Å². The van der Waals surface area contributed by atoms with E-state index in [4.69, 9.17) is 11.6 Å². The SMILES string of the molecule is CC(C)CNC(=O)Cc1cc(Br)ccc1Cl. The highest BCUT2D eigenvalue weighted by molar-refractivity contribution is 9.10. The molecule has 0 aromatic heterocycles. The quantitative estimate of drug-likeness (QED) is 0.907. The van der Waals surface area contributed by atoms with Gasteiger partial charge in [-0.25, -0.2) is 0 Å². The summed E-state index contributed by atoms with van der Waals surface area (Å²) >= 11 is 9.36. The summed E-state index contributed by atoms with van der Waals surface area (Å²) in [6, 6.07) is 5.52. The lowest BCUT2D eigenvalue weighted by Gasteiger charge is -2.08. The molecular weight excluding hydrogens is 289 g/mol. The largest absolute Gasteiger partial charge is 0.356 e. The van der Waals surface area contributed by atoms with Gasteiger partial charge in [-0.2, -0.15) is 0 Å². The van der Waals surface area contributed by atoms with Gasteiger partial charge in [0.1, 0.15) is 0 Å². The van der Waals surface area contributed by atoms with Gasteiger partial charge in [-0.3, -0.25) is 4.79 Å². The predicted octanol–water partition coefficient (Wildman–Crippen LogP) is 3.42. The number of amides is 1. The van der Waals surface area contributed by atoms with Crippen LogP contribution in [0.15, 0.2) is 22.7 Å². The summed E-state index contributed by atoms with van der Waals surface area (Å²) in [5.41, 5.74) is 0.845. The second-order valence-electron chi connectivity index (χ2n) is 4.11. The number of nitrogens with one attached hydrogen (secondary N) is 1. The van der Waals surface area contributed by atoms with Crippen LogP contribution < -0.4 is 5.32 Å². The summed E-state index contributed by atoms with van der Waals surface area (Å²) in [6.07, 6.45) is 0.324. The van der Waals surface area contributed by atoms with Gasteiger partial charge in [0, 0.05) is 16.0 Å². The second kappa shape index (κ2) is 6.26. The average Bonchev–Trinajstić information content (AvgIpc) is 2.20. The molecule has 0 aliphatic heterocycles. The number of rotatable bonds is 4. The Bertz CT molecular complexity index is 379. The zero-order valence-corrected chi connectivity index (χ0v) is 11.7. The van der Waals surface area contributed by atoms with Crippen molar-refractivity contribution in [2.75, 3.05) is 6.54 Å². The number of carbonyl (C=O) groups excluding carboxylic acids is 1. The van der Waals surface area contributed by atoms with Gasteiger partial charge >= 0.3 is 0 Å². The lowest BCUT2D eigenvalue weighted by Crippen LogP contribution is -2.28. The van der Waals surface area contributed by atoms with Crippen LogP contribution in [-0.2, 0) is 11.2 Å². The first-order valence-electron chi connectivity index (χ1n) is 5.19. The Hall–Kier alpha value is -0.540. The second-order valence-corrected chi connectivity index (χ2v) is 5.43. The van der Waals surface area contributed by atoms with E-state index in [-0.39, 0.29) is 5.91 Å². The van der Waals surface area contributed by atoms with E-state index in [1.165, 1.54) is 0 Å². The third kappa shape index (κ3) is 4.54. The molecule has 0 atom stereocenters. The van der Waals surface area contributed by atoms with Gasteiger partial charge in [0.25, 0.3) is 0 Å². The Balaban J connectivity index is 2.59. The Kier molecular flexibility index (Phi) is 5.29. The summed E-state index contributed by atoms with van der Waals surface area (Å²) in [4.78, 5) is 11.6. The highest BCUT2D eigenvalue weighted by atomic mass is 79.9. The molecule has 1 amide bonds. The van der Waals surface area contributed by atoms with E-state index in [2.05, 4.69) is 35.1 Å². The smallest absolute Gasteiger partial charge is 0.224 e. The van der Waals surface area contributed by atoms with Crippen molar-refractivity contribution in [1.82, 2.24) is 5.32 Å². The van der Waals surface area contributed by atoms with Crippen LogP contribution in [0, 0.1) is 5.92 Å². The molecule has 0 fully saturated rings. The summed E-state index contributed by atoms with van der Waals surface area (Å²) in [6.45, 7) is 4.82. The number of halogens is 2. The van der Waals surface area contributed by atoms with Crippen LogP contribution in [0.5, 0.6) is 0 Å². The molecule has 88 valence electrons. The molecule has 1 rings (SSSR count). The van der Waals surface area contributed by atoms with E-state index in [1.807, 2.05) is 12.1 Å². The van der Waals surface area contributed by atoms with Crippen LogP contribution in [0.3, 0.4) is 0 Å². The molecule has 0 unspecified atom stereocenters. The molecule has 2 nitrogen and oxygen atoms in total. The van der Waals surface area contributed by atoms with Gasteiger partial charge in [-0.1, -0.05) is 41.4 Å². The lowest BCUT2D eigenvalue weighted by molar-refractivity contribution is -0.120. The van der Waals surface area contributed by atoms with E-state index >= 15 is 0 Å². The Labute approximate surface area is 110 Å². The van der Waals surface area contributed by atoms with Crippen molar-refractivity contribution in [1.29, 1.82) is 0 Å². The van der Waals surface area contributed by atoms with Crippen LogP contribution in [0.4, 0.5) is 0 Å². The summed E-state index contributed by atoms with van der Waals surface area (Å²) in [7, 11) is 0. The van der Waals surface area contributed by atoms with Crippen LogP contribution in [0.25, 0.3) is 0 Å². The molecule has 16 heavy (non-hydrogen) atoms. The lowest BCUT2D eigenvalue weighted by atomic mass is 10.1. The molecule has 0 aliphatic rings. The van der Waals surface area contributed by atoms with Crippen LogP contribution >= 0.6 is 27.5 Å². The van der Waals surface area contributed by atoms with Gasteiger partial charge in [0.2, 0.25) is 5.91 Å². The number of carbonyl (C=O) groups is 1. The van der Waals surface area contributed by atoms with Gasteiger partial charge in [-0.05, 0) is 29.7 Å². The van der Waals surface area contributed by atoms with Gasteiger partial charge < -0.3 is 5.32 Å². The van der Waals surface area contributed by atoms with Gasteiger partial charge in [0.05, 0.1) is 6.42 Å². The van der Waals surface area contributed by atoms with Crippen molar-refractivity contribution in [3.8, 4) is 0 Å². The molecule has 0 spiro atoms. The zero-order valence-electron chi connectivity index (χ0n) is 9.39. The molecule has 0 radical (unpaired) electrons. The Morgan fingerprint density at radius 2 is 2.19 bits per heavy atom. The standard InChI is InChI=1S/C12H15BrClNO/c1-8(2)7-15-12(16)6-9-5-10(13)3-4-11(9)14/h3-5,8H,6-7H2,1-2H3,(H,15,16). The van der Waals surface area contributed by atoms with Crippen molar-refractivity contribution < 1.29 is 4.79 Å². The molecule has 0 saturated heterocycles. The predicted molar refractivity (Wildman–Crippen MR) is 70.7 cm³/mol. The van der Waals surface area contributed by atoms with E-state index in [9.17, 15) is 4.79 Å². The number of hydrogen-bond acceptors (Lipinski definition) is 1. The molecule has 1 aromatic rings. The molecule has 0 bridgehead atoms. The summed E-state index contributed by atoms with van der Waals surface area (Å²) < 4.78 is 0.934. The molecule has 1 N–H and O–H groups in total. The zero-order chi connectivity index (χ0) is 12.1. The van der Waals surface area contributed by atoms with E-state index < -0.39 is 0 Å². The summed E-state index contributed by atoms with van der Waals surface area (Å²) in [5.74, 6) is 0.468. The normalized spacial score (nSPS) is 10.6. The van der Waals surface area contributed by atoms with Crippen molar-refractivity contribution in [3.63, 3.8) is 0 Å². The highest BCUT2D eigenvalue weighted by Crippen LogP contribution is 2.21. The topological polar surface area (TPSA) is 29.1 Å². The maximum absolute atomic E-state index is 11.6. The Morgan fingerprint density at radius 1 is 1.50 bits per heavy atom. The number of benzene rings is 1. The van der Waals surface area contributed by atoms with Crippen molar-refractivity contribution in [2.45, 2.75) is 20.3 Å². The van der Waals surface area contributed by atoms with Crippen molar-refractivity contribution >= 4 is 33.4 Å². The molecule has 1 aromatic carbocycles. The molecule has 0 heterocycles. The number of hydrogen-bond donors (Lipinski definition) is 1. The average molecular weight is 305 g/mol. The Morgan fingerprint density at radius 3 is 2.81 bits per heavy atom. The fraction of sp³-hybridized carbons (Fsp3) is 0.417. The maximum atomic E-state index is 11.6. The molecular formula is C12H15BrClNO. The minimum Gasteiger partial charge on any atom is -0.356 e. The highest BCUT2D eigenvalue weighted by Gasteiger charge is 2.07.